The number of aromatic nitrogens is 1. The Labute approximate surface area is 185 Å². The maximum absolute atomic E-state index is 13.3. The van der Waals surface area contributed by atoms with Crippen molar-refractivity contribution in [3.05, 3.63) is 58.5 Å². The van der Waals surface area contributed by atoms with Gasteiger partial charge in [0.05, 0.1) is 10.6 Å². The Morgan fingerprint density at radius 3 is 2.44 bits per heavy atom. The fourth-order valence-corrected chi connectivity index (χ4v) is 6.33. The van der Waals surface area contributed by atoms with Crippen LogP contribution in [0.25, 0.3) is 11.1 Å². The first-order chi connectivity index (χ1) is 15.4. The summed E-state index contributed by atoms with van der Waals surface area (Å²) in [6.45, 7) is 2.13. The van der Waals surface area contributed by atoms with Crippen molar-refractivity contribution in [1.29, 1.82) is 0 Å². The first kappa shape index (κ1) is 20.9. The number of hydrogen-bond acceptors (Lipinski definition) is 7. The number of para-hydroxylation sites is 2. The number of benzene rings is 2. The Morgan fingerprint density at radius 2 is 1.75 bits per heavy atom. The molecule has 2 aliphatic rings. The van der Waals surface area contributed by atoms with Gasteiger partial charge in [0.1, 0.15) is 10.4 Å². The van der Waals surface area contributed by atoms with Crippen LogP contribution in [0.2, 0.25) is 0 Å². The Bertz CT molecular complexity index is 1230. The van der Waals surface area contributed by atoms with Crippen molar-refractivity contribution < 1.29 is 17.8 Å². The standard InChI is InChI=1S/C22H24N4O5S/c27-26(28)17-7-8-19(21(15-17)32(29,30)25-11-3-4-12-25)24-13-9-16(10-14-24)22-23-18-5-1-2-6-20(18)31-22/h1-2,5-8,15-16H,3-4,9-14H2. The van der Waals surface area contributed by atoms with Crippen LogP contribution in [0.4, 0.5) is 11.4 Å². The molecular weight excluding hydrogens is 432 g/mol. The third-order valence-electron chi connectivity index (χ3n) is 6.33. The molecule has 0 amide bonds. The van der Waals surface area contributed by atoms with E-state index in [1.54, 1.807) is 6.07 Å². The zero-order valence-corrected chi connectivity index (χ0v) is 18.3. The zero-order chi connectivity index (χ0) is 22.3. The second-order valence-corrected chi connectivity index (χ2v) is 10.2. The molecule has 32 heavy (non-hydrogen) atoms. The van der Waals surface area contributed by atoms with Crippen molar-refractivity contribution >= 4 is 32.5 Å². The van der Waals surface area contributed by atoms with Crippen LogP contribution < -0.4 is 4.90 Å². The summed E-state index contributed by atoms with van der Waals surface area (Å²) in [6.07, 6.45) is 3.12. The van der Waals surface area contributed by atoms with Gasteiger partial charge in [0.15, 0.2) is 11.5 Å². The van der Waals surface area contributed by atoms with E-state index in [0.29, 0.717) is 37.8 Å². The second kappa shape index (κ2) is 8.18. The van der Waals surface area contributed by atoms with Gasteiger partial charge < -0.3 is 9.32 Å². The number of piperidine rings is 1. The lowest BCUT2D eigenvalue weighted by molar-refractivity contribution is -0.385. The zero-order valence-electron chi connectivity index (χ0n) is 17.5. The molecule has 2 aromatic carbocycles. The summed E-state index contributed by atoms with van der Waals surface area (Å²) in [4.78, 5) is 17.4. The van der Waals surface area contributed by atoms with E-state index >= 15 is 0 Å². The first-order valence-corrected chi connectivity index (χ1v) is 12.3. The summed E-state index contributed by atoms with van der Waals surface area (Å²) in [5, 5.41) is 11.3. The quantitative estimate of drug-likeness (QED) is 0.423. The van der Waals surface area contributed by atoms with Gasteiger partial charge in [-0.15, -0.1) is 0 Å². The number of anilines is 1. The van der Waals surface area contributed by atoms with E-state index in [-0.39, 0.29) is 16.5 Å². The Morgan fingerprint density at radius 1 is 1.03 bits per heavy atom. The van der Waals surface area contributed by atoms with Gasteiger partial charge in [0, 0.05) is 44.2 Å². The Hall–Kier alpha value is -2.98. The lowest BCUT2D eigenvalue weighted by Gasteiger charge is -2.34. The number of nitro benzene ring substituents is 1. The average Bonchev–Trinajstić information content (AvgIpc) is 3.49. The van der Waals surface area contributed by atoms with E-state index in [1.165, 1.54) is 16.4 Å². The minimum atomic E-state index is -3.80. The molecule has 1 aromatic heterocycles. The van der Waals surface area contributed by atoms with Crippen LogP contribution in [0.5, 0.6) is 0 Å². The highest BCUT2D eigenvalue weighted by Crippen LogP contribution is 2.37. The first-order valence-electron chi connectivity index (χ1n) is 10.8. The third-order valence-corrected chi connectivity index (χ3v) is 8.26. The van der Waals surface area contributed by atoms with Gasteiger partial charge in [0.2, 0.25) is 10.0 Å². The molecule has 2 aliphatic heterocycles. The minimum Gasteiger partial charge on any atom is -0.440 e. The number of rotatable bonds is 5. The largest absolute Gasteiger partial charge is 0.440 e. The molecule has 0 atom stereocenters. The predicted octanol–water partition coefficient (Wildman–Crippen LogP) is 3.90. The second-order valence-electron chi connectivity index (χ2n) is 8.30. The molecule has 3 heterocycles. The van der Waals surface area contributed by atoms with E-state index in [4.69, 9.17) is 4.42 Å². The summed E-state index contributed by atoms with van der Waals surface area (Å²) in [5.41, 5.74) is 1.91. The summed E-state index contributed by atoms with van der Waals surface area (Å²) in [7, 11) is -3.80. The van der Waals surface area contributed by atoms with Crippen LogP contribution in [0, 0.1) is 10.1 Å². The fourth-order valence-electron chi connectivity index (χ4n) is 4.58. The van der Waals surface area contributed by atoms with Crippen LogP contribution in [0.3, 0.4) is 0 Å². The highest BCUT2D eigenvalue weighted by Gasteiger charge is 2.34. The van der Waals surface area contributed by atoms with Crippen molar-refractivity contribution in [3.63, 3.8) is 0 Å². The van der Waals surface area contributed by atoms with Gasteiger partial charge >= 0.3 is 0 Å². The van der Waals surface area contributed by atoms with Gasteiger partial charge in [-0.3, -0.25) is 10.1 Å². The number of nitrogens with zero attached hydrogens (tertiary/aromatic N) is 4. The minimum absolute atomic E-state index is 0.0221. The average molecular weight is 457 g/mol. The number of fused-ring (bicyclic) bond motifs is 1. The summed E-state index contributed by atoms with van der Waals surface area (Å²) in [6, 6.07) is 11.8. The molecule has 0 aliphatic carbocycles. The molecule has 10 heteroatoms. The van der Waals surface area contributed by atoms with Crippen LogP contribution in [0.15, 0.2) is 51.8 Å². The summed E-state index contributed by atoms with van der Waals surface area (Å²) < 4.78 is 34.0. The highest BCUT2D eigenvalue weighted by molar-refractivity contribution is 7.89. The van der Waals surface area contributed by atoms with Gasteiger partial charge in [0.25, 0.3) is 5.69 Å². The lowest BCUT2D eigenvalue weighted by Crippen LogP contribution is -2.35. The summed E-state index contributed by atoms with van der Waals surface area (Å²) in [5.74, 6) is 0.856. The smallest absolute Gasteiger partial charge is 0.270 e. The van der Waals surface area contributed by atoms with Crippen LogP contribution in [-0.4, -0.2) is 48.8 Å². The van der Waals surface area contributed by atoms with Crippen molar-refractivity contribution in [2.45, 2.75) is 36.5 Å². The maximum atomic E-state index is 13.3. The molecule has 0 saturated carbocycles. The number of nitro groups is 1. The monoisotopic (exact) mass is 456 g/mol. The lowest BCUT2D eigenvalue weighted by atomic mass is 9.96. The van der Waals surface area contributed by atoms with Gasteiger partial charge in [-0.05, 0) is 43.9 Å². The van der Waals surface area contributed by atoms with Crippen molar-refractivity contribution in [3.8, 4) is 0 Å². The normalized spacial score (nSPS) is 18.4. The molecular formula is C22H24N4O5S. The van der Waals surface area contributed by atoms with Gasteiger partial charge in [-0.2, -0.15) is 4.31 Å². The SMILES string of the molecule is O=[N+]([O-])c1ccc(N2CCC(c3nc4ccccc4o3)CC2)c(S(=O)(=O)N2CCCC2)c1. The molecule has 0 unspecified atom stereocenters. The Balaban J connectivity index is 1.41. The number of oxazole rings is 1. The van der Waals surface area contributed by atoms with Gasteiger partial charge in [-0.25, -0.2) is 13.4 Å². The van der Waals surface area contributed by atoms with E-state index in [1.807, 2.05) is 29.2 Å². The molecule has 3 aromatic rings. The number of non-ortho nitro benzene ring substituents is 1. The fraction of sp³-hybridized carbons (Fsp3) is 0.409. The number of sulfonamides is 1. The molecule has 0 radical (unpaired) electrons. The molecule has 2 saturated heterocycles. The van der Waals surface area contributed by atoms with Crippen molar-refractivity contribution in [2.24, 2.45) is 0 Å². The molecule has 0 spiro atoms. The predicted molar refractivity (Wildman–Crippen MR) is 119 cm³/mol. The molecule has 9 nitrogen and oxygen atoms in total. The highest BCUT2D eigenvalue weighted by atomic mass is 32.2. The molecule has 5 rings (SSSR count). The van der Waals surface area contributed by atoms with E-state index in [2.05, 4.69) is 4.98 Å². The Kier molecular flexibility index (Phi) is 5.34. The third kappa shape index (κ3) is 3.73. The number of hydrogen-bond donors (Lipinski definition) is 0. The van der Waals surface area contributed by atoms with Crippen molar-refractivity contribution in [1.82, 2.24) is 9.29 Å². The van der Waals surface area contributed by atoms with Crippen LogP contribution in [-0.2, 0) is 10.0 Å². The molecule has 2 fully saturated rings. The van der Waals surface area contributed by atoms with Crippen LogP contribution >= 0.6 is 0 Å². The van der Waals surface area contributed by atoms with Crippen LogP contribution in [0.1, 0.15) is 37.5 Å². The van der Waals surface area contributed by atoms with Gasteiger partial charge in [-0.1, -0.05) is 12.1 Å². The van der Waals surface area contributed by atoms with Crippen molar-refractivity contribution in [2.75, 3.05) is 31.1 Å². The molecule has 0 bridgehead atoms. The van der Waals surface area contributed by atoms with E-state index < -0.39 is 14.9 Å². The molecule has 168 valence electrons. The van der Waals surface area contributed by atoms with E-state index in [9.17, 15) is 18.5 Å². The maximum Gasteiger partial charge on any atom is 0.270 e. The van der Waals surface area contributed by atoms with E-state index in [0.717, 1.165) is 36.8 Å². The molecule has 0 N–H and O–H groups in total. The topological polar surface area (TPSA) is 110 Å². The summed E-state index contributed by atoms with van der Waals surface area (Å²) >= 11 is 0.